The fraction of sp³-hybridized carbons (Fsp3) is 0.462. The number of hydrogen-bond donors (Lipinski definition) is 0. The molecular weight excluding hydrogens is 218 g/mol. The first kappa shape index (κ1) is 13.4. The summed E-state index contributed by atoms with van der Waals surface area (Å²) in [5.41, 5.74) is -0.0608. The molecule has 0 bridgehead atoms. The molecule has 1 aliphatic rings. The monoisotopic (exact) mass is 235 g/mol. The topological polar surface area (TPSA) is 56.3 Å². The van der Waals surface area contributed by atoms with Gasteiger partial charge in [-0.3, -0.25) is 14.6 Å². The number of rotatable bonds is 0. The van der Waals surface area contributed by atoms with Crippen molar-refractivity contribution < 1.29 is 14.3 Å². The Morgan fingerprint density at radius 1 is 1.24 bits per heavy atom. The van der Waals surface area contributed by atoms with Gasteiger partial charge < -0.3 is 4.74 Å². The Morgan fingerprint density at radius 2 is 1.82 bits per heavy atom. The molecule has 1 aliphatic heterocycles. The first-order chi connectivity index (χ1) is 7.92. The predicted octanol–water partition coefficient (Wildman–Crippen LogP) is 2.34. The van der Waals surface area contributed by atoms with Crippen LogP contribution in [0.5, 0.6) is 5.75 Å². The highest BCUT2D eigenvalue weighted by atomic mass is 16.5. The van der Waals surface area contributed by atoms with E-state index in [1.54, 1.807) is 26.8 Å². The molecule has 0 fully saturated rings. The highest BCUT2D eigenvalue weighted by Gasteiger charge is 2.41. The Balaban J connectivity index is 0.000000686. The van der Waals surface area contributed by atoms with Crippen LogP contribution in [-0.2, 0) is 4.79 Å². The fourth-order valence-corrected chi connectivity index (χ4v) is 1.51. The van der Waals surface area contributed by atoms with Crippen molar-refractivity contribution in [1.29, 1.82) is 0 Å². The number of carbonyl (C=O) groups excluding carboxylic acids is 2. The molecule has 2 heterocycles. The van der Waals surface area contributed by atoms with E-state index < -0.39 is 17.2 Å². The summed E-state index contributed by atoms with van der Waals surface area (Å²) < 4.78 is 5.47. The predicted molar refractivity (Wildman–Crippen MR) is 64.4 cm³/mol. The van der Waals surface area contributed by atoms with Crippen molar-refractivity contribution in [1.82, 2.24) is 4.98 Å². The van der Waals surface area contributed by atoms with Gasteiger partial charge in [0.15, 0.2) is 5.60 Å². The van der Waals surface area contributed by atoms with Gasteiger partial charge in [-0.15, -0.1) is 0 Å². The molecule has 0 spiro atoms. The minimum absolute atomic E-state index is 0.255. The zero-order valence-electron chi connectivity index (χ0n) is 10.8. The van der Waals surface area contributed by atoms with Gasteiger partial charge in [0.05, 0.1) is 5.56 Å². The number of pyridine rings is 1. The molecule has 0 saturated carbocycles. The molecule has 0 N–H and O–H groups in total. The van der Waals surface area contributed by atoms with Gasteiger partial charge in [0.2, 0.25) is 11.6 Å². The van der Waals surface area contributed by atoms with Gasteiger partial charge in [0.25, 0.3) is 0 Å². The van der Waals surface area contributed by atoms with E-state index in [1.165, 1.54) is 6.20 Å². The quantitative estimate of drug-likeness (QED) is 0.648. The van der Waals surface area contributed by atoms with Crippen molar-refractivity contribution in [2.24, 2.45) is 0 Å². The summed E-state index contributed by atoms with van der Waals surface area (Å²) in [4.78, 5) is 27.2. The van der Waals surface area contributed by atoms with Crippen LogP contribution in [0.4, 0.5) is 0 Å². The number of hydrogen-bond acceptors (Lipinski definition) is 4. The molecule has 0 unspecified atom stereocenters. The lowest BCUT2D eigenvalue weighted by atomic mass is 9.92. The number of nitrogens with zero attached hydrogens (tertiary/aromatic N) is 1. The highest BCUT2D eigenvalue weighted by Crippen LogP contribution is 2.30. The first-order valence-corrected chi connectivity index (χ1v) is 5.66. The molecule has 0 radical (unpaired) electrons. The van der Waals surface area contributed by atoms with Gasteiger partial charge in [-0.05, 0) is 20.8 Å². The van der Waals surface area contributed by atoms with Crippen LogP contribution in [0, 0.1) is 6.92 Å². The van der Waals surface area contributed by atoms with Crippen LogP contribution in [-0.4, -0.2) is 22.2 Å². The van der Waals surface area contributed by atoms with Crippen molar-refractivity contribution in [3.05, 3.63) is 23.5 Å². The minimum atomic E-state index is -1.07. The van der Waals surface area contributed by atoms with E-state index in [0.29, 0.717) is 5.75 Å². The maximum Gasteiger partial charge on any atom is 0.246 e. The highest BCUT2D eigenvalue weighted by molar-refractivity contribution is 6.47. The average Bonchev–Trinajstić information content (AvgIpc) is 2.28. The Bertz CT molecular complexity index is 464. The maximum absolute atomic E-state index is 11.7. The van der Waals surface area contributed by atoms with Gasteiger partial charge in [-0.1, -0.05) is 13.8 Å². The van der Waals surface area contributed by atoms with Crippen molar-refractivity contribution in [3.63, 3.8) is 0 Å². The van der Waals surface area contributed by atoms with Gasteiger partial charge in [0.1, 0.15) is 5.75 Å². The van der Waals surface area contributed by atoms with Crippen LogP contribution < -0.4 is 4.74 Å². The van der Waals surface area contributed by atoms with Crippen LogP contribution in [0.25, 0.3) is 0 Å². The Labute approximate surface area is 101 Å². The van der Waals surface area contributed by atoms with E-state index in [0.717, 1.165) is 5.69 Å². The van der Waals surface area contributed by atoms with Crippen LogP contribution in [0.15, 0.2) is 12.3 Å². The molecule has 0 aliphatic carbocycles. The van der Waals surface area contributed by atoms with E-state index in [1.807, 2.05) is 13.8 Å². The van der Waals surface area contributed by atoms with E-state index in [-0.39, 0.29) is 5.56 Å². The average molecular weight is 235 g/mol. The number of aryl methyl sites for hydroxylation is 1. The van der Waals surface area contributed by atoms with Crippen LogP contribution in [0.3, 0.4) is 0 Å². The number of ketones is 2. The van der Waals surface area contributed by atoms with Crippen molar-refractivity contribution in [3.8, 4) is 5.75 Å². The van der Waals surface area contributed by atoms with Crippen molar-refractivity contribution >= 4 is 11.6 Å². The lowest BCUT2D eigenvalue weighted by Gasteiger charge is -2.29. The lowest BCUT2D eigenvalue weighted by molar-refractivity contribution is -0.128. The van der Waals surface area contributed by atoms with Gasteiger partial charge in [0, 0.05) is 18.0 Å². The second-order valence-electron chi connectivity index (χ2n) is 4.09. The van der Waals surface area contributed by atoms with Crippen molar-refractivity contribution in [2.45, 2.75) is 40.2 Å². The summed E-state index contributed by atoms with van der Waals surface area (Å²) in [7, 11) is 0. The molecule has 0 aromatic carbocycles. The Hall–Kier alpha value is -1.71. The lowest BCUT2D eigenvalue weighted by Crippen LogP contribution is -2.46. The number of Topliss-reactive ketones (excluding diaryl/α,β-unsaturated/α-hetero) is 2. The third-order valence-corrected chi connectivity index (χ3v) is 2.37. The molecule has 4 nitrogen and oxygen atoms in total. The third-order valence-electron chi connectivity index (χ3n) is 2.37. The molecule has 4 heteroatoms. The third kappa shape index (κ3) is 2.35. The molecule has 92 valence electrons. The largest absolute Gasteiger partial charge is 0.479 e. The van der Waals surface area contributed by atoms with E-state index in [9.17, 15) is 9.59 Å². The van der Waals surface area contributed by atoms with Gasteiger partial charge >= 0.3 is 0 Å². The number of ether oxygens (including phenoxy) is 1. The maximum atomic E-state index is 11.7. The summed E-state index contributed by atoms with van der Waals surface area (Å²) >= 11 is 0. The second-order valence-corrected chi connectivity index (χ2v) is 4.09. The van der Waals surface area contributed by atoms with E-state index in [2.05, 4.69) is 4.98 Å². The minimum Gasteiger partial charge on any atom is -0.479 e. The van der Waals surface area contributed by atoms with E-state index in [4.69, 9.17) is 4.74 Å². The Kier molecular flexibility index (Phi) is 3.66. The normalized spacial score (nSPS) is 16.5. The second kappa shape index (κ2) is 4.65. The molecule has 0 atom stereocenters. The summed E-state index contributed by atoms with van der Waals surface area (Å²) in [6, 6.07) is 1.67. The summed E-state index contributed by atoms with van der Waals surface area (Å²) in [5, 5.41) is 0. The van der Waals surface area contributed by atoms with Crippen molar-refractivity contribution in [2.75, 3.05) is 0 Å². The van der Waals surface area contributed by atoms with Crippen LogP contribution >= 0.6 is 0 Å². The smallest absolute Gasteiger partial charge is 0.246 e. The molecule has 0 amide bonds. The Morgan fingerprint density at radius 3 is 2.41 bits per heavy atom. The summed E-state index contributed by atoms with van der Waals surface area (Å²) in [6.45, 7) is 8.98. The fourth-order valence-electron chi connectivity index (χ4n) is 1.51. The molecular formula is C13H17NO3. The molecule has 0 saturated heterocycles. The number of fused-ring (bicyclic) bond motifs is 1. The standard InChI is InChI=1S/C11H11NO3.C2H6/c1-6-4-8-7(5-12-6)9(13)10(14)11(2,3)15-8;1-2/h4-5H,1-3H3;1-2H3. The first-order valence-electron chi connectivity index (χ1n) is 5.66. The summed E-state index contributed by atoms with van der Waals surface area (Å²) in [6.07, 6.45) is 1.39. The van der Waals surface area contributed by atoms with Gasteiger partial charge in [-0.2, -0.15) is 0 Å². The number of carbonyl (C=O) groups is 2. The van der Waals surface area contributed by atoms with Crippen LogP contribution in [0.1, 0.15) is 43.7 Å². The zero-order chi connectivity index (χ0) is 13.2. The number of aromatic nitrogens is 1. The molecule has 1 aromatic heterocycles. The molecule has 17 heavy (non-hydrogen) atoms. The summed E-state index contributed by atoms with van der Waals surface area (Å²) in [5.74, 6) is -0.605. The zero-order valence-corrected chi connectivity index (χ0v) is 10.8. The van der Waals surface area contributed by atoms with Crippen LogP contribution in [0.2, 0.25) is 0 Å². The molecule has 1 aromatic rings. The molecule has 2 rings (SSSR count). The van der Waals surface area contributed by atoms with E-state index >= 15 is 0 Å². The van der Waals surface area contributed by atoms with Gasteiger partial charge in [-0.25, -0.2) is 0 Å². The SMILES string of the molecule is CC.Cc1cc2c(cn1)C(=O)C(=O)C(C)(C)O2.